The molecule has 1 aromatic rings. The van der Waals surface area contributed by atoms with Gasteiger partial charge in [0.2, 0.25) is 0 Å². The summed E-state index contributed by atoms with van der Waals surface area (Å²) in [4.78, 5) is 19.8. The predicted molar refractivity (Wildman–Crippen MR) is 53.4 cm³/mol. The average Bonchev–Trinajstić information content (AvgIpc) is 2.84. The van der Waals surface area contributed by atoms with E-state index in [1.165, 1.54) is 0 Å². The van der Waals surface area contributed by atoms with Crippen molar-refractivity contribution >= 4 is 5.78 Å². The lowest BCUT2D eigenvalue weighted by Crippen LogP contribution is -2.10. The molecule has 3 nitrogen and oxygen atoms in total. The van der Waals surface area contributed by atoms with E-state index >= 15 is 0 Å². The lowest BCUT2D eigenvalue weighted by molar-refractivity contribution is 0.101. The van der Waals surface area contributed by atoms with Gasteiger partial charge in [0.05, 0.1) is 11.3 Å². The van der Waals surface area contributed by atoms with Crippen LogP contribution in [0.15, 0.2) is 6.20 Å². The van der Waals surface area contributed by atoms with E-state index in [4.69, 9.17) is 0 Å². The molecule has 1 heterocycles. The zero-order chi connectivity index (χ0) is 10.3. The van der Waals surface area contributed by atoms with Gasteiger partial charge in [-0.05, 0) is 26.7 Å². The first-order valence-corrected chi connectivity index (χ1v) is 4.88. The third kappa shape index (κ3) is 1.43. The van der Waals surface area contributed by atoms with E-state index in [1.807, 2.05) is 6.92 Å². The Morgan fingerprint density at radius 3 is 2.57 bits per heavy atom. The van der Waals surface area contributed by atoms with Crippen molar-refractivity contribution in [3.05, 3.63) is 23.3 Å². The van der Waals surface area contributed by atoms with Crippen LogP contribution in [-0.2, 0) is 5.41 Å². The van der Waals surface area contributed by atoms with E-state index < -0.39 is 0 Å². The normalized spacial score (nSPS) is 17.9. The van der Waals surface area contributed by atoms with Crippen molar-refractivity contribution in [2.75, 3.05) is 0 Å². The summed E-state index contributed by atoms with van der Waals surface area (Å²) in [5.74, 6) is 0.926. The molecule has 0 aromatic carbocycles. The number of Topliss-reactive ketones (excluding diaryl/α,β-unsaturated/α-hetero) is 1. The molecular weight excluding hydrogens is 176 g/mol. The molecule has 74 valence electrons. The van der Waals surface area contributed by atoms with E-state index in [0.717, 1.165) is 24.4 Å². The summed E-state index contributed by atoms with van der Waals surface area (Å²) in [7, 11) is 0. The molecule has 0 radical (unpaired) electrons. The molecule has 3 heteroatoms. The number of carbonyl (C=O) groups is 1. The minimum Gasteiger partial charge on any atom is -0.294 e. The predicted octanol–water partition coefficient (Wildman–Crippen LogP) is 2.04. The van der Waals surface area contributed by atoms with Gasteiger partial charge in [-0.25, -0.2) is 9.97 Å². The molecular formula is C11H14N2O. The van der Waals surface area contributed by atoms with Gasteiger partial charge in [0.1, 0.15) is 5.82 Å². The number of hydrogen-bond acceptors (Lipinski definition) is 3. The molecule has 0 spiro atoms. The van der Waals surface area contributed by atoms with Crippen LogP contribution in [0, 0.1) is 6.92 Å². The van der Waals surface area contributed by atoms with Crippen molar-refractivity contribution in [1.82, 2.24) is 9.97 Å². The van der Waals surface area contributed by atoms with Crippen LogP contribution < -0.4 is 0 Å². The minimum atomic E-state index is 0.0370. The van der Waals surface area contributed by atoms with Crippen LogP contribution in [0.2, 0.25) is 0 Å². The zero-order valence-corrected chi connectivity index (χ0v) is 8.79. The number of hydrogen-bond donors (Lipinski definition) is 0. The van der Waals surface area contributed by atoms with Crippen LogP contribution in [0.25, 0.3) is 0 Å². The van der Waals surface area contributed by atoms with Crippen LogP contribution in [0.5, 0.6) is 0 Å². The minimum absolute atomic E-state index is 0.0370. The Morgan fingerprint density at radius 2 is 2.14 bits per heavy atom. The van der Waals surface area contributed by atoms with E-state index in [-0.39, 0.29) is 11.2 Å². The zero-order valence-electron chi connectivity index (χ0n) is 8.79. The standard InChI is InChI=1S/C11H14N2O/c1-7-9(8(2)14)6-12-10(13-7)11(3)4-5-11/h6H,4-5H2,1-3H3. The summed E-state index contributed by atoms with van der Waals surface area (Å²) in [6, 6.07) is 0. The Kier molecular flexibility index (Phi) is 1.91. The van der Waals surface area contributed by atoms with E-state index in [1.54, 1.807) is 13.1 Å². The van der Waals surface area contributed by atoms with Crippen LogP contribution in [0.1, 0.15) is 48.6 Å². The molecule has 0 amide bonds. The quantitative estimate of drug-likeness (QED) is 0.670. The highest BCUT2D eigenvalue weighted by molar-refractivity contribution is 5.94. The number of rotatable bonds is 2. The first-order chi connectivity index (χ1) is 6.53. The second kappa shape index (κ2) is 2.87. The molecule has 2 rings (SSSR count). The Bertz CT molecular complexity index is 394. The fourth-order valence-corrected chi connectivity index (χ4v) is 1.51. The van der Waals surface area contributed by atoms with Crippen LogP contribution in [0.4, 0.5) is 0 Å². The third-order valence-corrected chi connectivity index (χ3v) is 2.90. The van der Waals surface area contributed by atoms with Gasteiger partial charge in [-0.2, -0.15) is 0 Å². The van der Waals surface area contributed by atoms with Crippen LogP contribution in [-0.4, -0.2) is 15.8 Å². The summed E-state index contributed by atoms with van der Waals surface area (Å²) in [5.41, 5.74) is 1.62. The van der Waals surface area contributed by atoms with Crippen LogP contribution >= 0.6 is 0 Å². The highest BCUT2D eigenvalue weighted by Gasteiger charge is 2.42. The second-order valence-corrected chi connectivity index (χ2v) is 4.31. The molecule has 0 bridgehead atoms. The Labute approximate surface area is 83.6 Å². The van der Waals surface area contributed by atoms with Crippen molar-refractivity contribution in [2.24, 2.45) is 0 Å². The van der Waals surface area contributed by atoms with Gasteiger partial charge in [-0.1, -0.05) is 6.92 Å². The third-order valence-electron chi connectivity index (χ3n) is 2.90. The fraction of sp³-hybridized carbons (Fsp3) is 0.545. The molecule has 0 N–H and O–H groups in total. The molecule has 1 aliphatic carbocycles. The highest BCUT2D eigenvalue weighted by atomic mass is 16.1. The van der Waals surface area contributed by atoms with Gasteiger partial charge in [0, 0.05) is 11.6 Å². The summed E-state index contributed by atoms with van der Waals surface area (Å²) in [5, 5.41) is 0. The highest BCUT2D eigenvalue weighted by Crippen LogP contribution is 2.45. The smallest absolute Gasteiger partial charge is 0.163 e. The molecule has 0 aliphatic heterocycles. The van der Waals surface area contributed by atoms with Crippen molar-refractivity contribution in [3.63, 3.8) is 0 Å². The summed E-state index contributed by atoms with van der Waals surface area (Å²) in [6.45, 7) is 5.58. The lowest BCUT2D eigenvalue weighted by atomic mass is 10.1. The van der Waals surface area contributed by atoms with Crippen molar-refractivity contribution < 1.29 is 4.79 Å². The SMILES string of the molecule is CC(=O)c1cnc(C2(C)CC2)nc1C. The second-order valence-electron chi connectivity index (χ2n) is 4.31. The van der Waals surface area contributed by atoms with Crippen molar-refractivity contribution in [1.29, 1.82) is 0 Å². The van der Waals surface area contributed by atoms with Gasteiger partial charge in [0.25, 0.3) is 0 Å². The maximum Gasteiger partial charge on any atom is 0.163 e. The molecule has 1 saturated carbocycles. The number of nitrogens with zero attached hydrogens (tertiary/aromatic N) is 2. The number of carbonyl (C=O) groups excluding carboxylic acids is 1. The largest absolute Gasteiger partial charge is 0.294 e. The lowest BCUT2D eigenvalue weighted by Gasteiger charge is -2.08. The summed E-state index contributed by atoms with van der Waals surface area (Å²) >= 11 is 0. The summed E-state index contributed by atoms with van der Waals surface area (Å²) in [6.07, 6.45) is 3.97. The fourth-order valence-electron chi connectivity index (χ4n) is 1.51. The maximum atomic E-state index is 11.2. The van der Waals surface area contributed by atoms with E-state index in [2.05, 4.69) is 16.9 Å². The molecule has 0 atom stereocenters. The molecule has 0 unspecified atom stereocenters. The molecule has 1 aliphatic rings. The summed E-state index contributed by atoms with van der Waals surface area (Å²) < 4.78 is 0. The molecule has 1 aromatic heterocycles. The first-order valence-electron chi connectivity index (χ1n) is 4.88. The topological polar surface area (TPSA) is 42.9 Å². The Morgan fingerprint density at radius 1 is 1.50 bits per heavy atom. The number of aryl methyl sites for hydroxylation is 1. The van der Waals surface area contributed by atoms with Gasteiger partial charge in [0.15, 0.2) is 5.78 Å². The van der Waals surface area contributed by atoms with E-state index in [0.29, 0.717) is 5.56 Å². The van der Waals surface area contributed by atoms with Gasteiger partial charge < -0.3 is 0 Å². The van der Waals surface area contributed by atoms with Gasteiger partial charge in [-0.15, -0.1) is 0 Å². The Balaban J connectivity index is 2.40. The van der Waals surface area contributed by atoms with Gasteiger partial charge in [-0.3, -0.25) is 4.79 Å². The van der Waals surface area contributed by atoms with Crippen molar-refractivity contribution in [3.8, 4) is 0 Å². The molecule has 1 fully saturated rings. The monoisotopic (exact) mass is 190 g/mol. The number of aromatic nitrogens is 2. The molecule has 14 heavy (non-hydrogen) atoms. The Hall–Kier alpha value is -1.25. The van der Waals surface area contributed by atoms with Crippen molar-refractivity contribution in [2.45, 2.75) is 39.0 Å². The van der Waals surface area contributed by atoms with E-state index in [9.17, 15) is 4.79 Å². The average molecular weight is 190 g/mol. The van der Waals surface area contributed by atoms with Crippen LogP contribution in [0.3, 0.4) is 0 Å². The first kappa shape index (κ1) is 9.31. The molecule has 0 saturated heterocycles. The van der Waals surface area contributed by atoms with Gasteiger partial charge >= 0.3 is 0 Å². The maximum absolute atomic E-state index is 11.2. The number of ketones is 1.